The van der Waals surface area contributed by atoms with E-state index in [1.165, 1.54) is 0 Å². The molecule has 0 unspecified atom stereocenters. The molecule has 98 valence electrons. The van der Waals surface area contributed by atoms with E-state index in [4.69, 9.17) is 11.6 Å². The maximum Gasteiger partial charge on any atom is 0.138 e. The fourth-order valence-electron chi connectivity index (χ4n) is 1.92. The summed E-state index contributed by atoms with van der Waals surface area (Å²) >= 11 is 6.07. The Morgan fingerprint density at radius 3 is 2.50 bits per heavy atom. The van der Waals surface area contributed by atoms with Crippen LogP contribution in [0.3, 0.4) is 0 Å². The summed E-state index contributed by atoms with van der Waals surface area (Å²) in [6.45, 7) is 10.7. The lowest BCUT2D eigenvalue weighted by molar-refractivity contribution is 0.626. The van der Waals surface area contributed by atoms with Crippen LogP contribution in [0.4, 0.5) is 5.82 Å². The van der Waals surface area contributed by atoms with Crippen LogP contribution >= 0.6 is 11.6 Å². The van der Waals surface area contributed by atoms with Crippen LogP contribution in [0.25, 0.3) is 5.65 Å². The molecule has 2 heterocycles. The Morgan fingerprint density at radius 2 is 1.94 bits per heavy atom. The molecule has 0 saturated carbocycles. The molecule has 2 aromatic heterocycles. The highest BCUT2D eigenvalue weighted by Gasteiger charge is 2.19. The summed E-state index contributed by atoms with van der Waals surface area (Å²) < 4.78 is 2.03. The summed E-state index contributed by atoms with van der Waals surface area (Å²) in [5, 5.41) is 4.24. The second-order valence-corrected chi connectivity index (χ2v) is 6.39. The van der Waals surface area contributed by atoms with Crippen molar-refractivity contribution in [2.45, 2.75) is 46.1 Å². The third kappa shape index (κ3) is 2.61. The molecular formula is C14H20ClN3. The molecule has 0 bridgehead atoms. The molecule has 0 fully saturated rings. The zero-order chi connectivity index (χ0) is 13.5. The minimum Gasteiger partial charge on any atom is -0.365 e. The number of nitrogens with zero attached hydrogens (tertiary/aromatic N) is 2. The molecule has 0 saturated heterocycles. The first-order valence-corrected chi connectivity index (χ1v) is 6.61. The molecule has 0 aliphatic heterocycles. The lowest BCUT2D eigenvalue weighted by Gasteiger charge is -2.23. The molecule has 0 aliphatic rings. The van der Waals surface area contributed by atoms with Gasteiger partial charge in [0.2, 0.25) is 0 Å². The van der Waals surface area contributed by atoms with Gasteiger partial charge in [0, 0.05) is 11.7 Å². The van der Waals surface area contributed by atoms with E-state index >= 15 is 0 Å². The predicted octanol–water partition coefficient (Wildman–Crippen LogP) is 4.32. The van der Waals surface area contributed by atoms with E-state index in [0.717, 1.165) is 17.2 Å². The van der Waals surface area contributed by atoms with Crippen molar-refractivity contribution >= 4 is 23.1 Å². The molecular weight excluding hydrogens is 246 g/mol. The van der Waals surface area contributed by atoms with Gasteiger partial charge in [0.25, 0.3) is 0 Å². The van der Waals surface area contributed by atoms with Gasteiger partial charge in [-0.3, -0.25) is 4.40 Å². The Morgan fingerprint density at radius 1 is 1.28 bits per heavy atom. The van der Waals surface area contributed by atoms with Gasteiger partial charge in [-0.05, 0) is 38.8 Å². The molecule has 0 aliphatic carbocycles. The lowest BCUT2D eigenvalue weighted by Crippen LogP contribution is -2.27. The minimum atomic E-state index is -0.0120. The molecule has 0 aromatic carbocycles. The van der Waals surface area contributed by atoms with Gasteiger partial charge in [-0.25, -0.2) is 4.98 Å². The summed E-state index contributed by atoms with van der Waals surface area (Å²) in [4.78, 5) is 4.68. The first-order valence-electron chi connectivity index (χ1n) is 6.23. The number of fused-ring (bicyclic) bond motifs is 1. The summed E-state index contributed by atoms with van der Waals surface area (Å²) in [5.41, 5.74) is 1.99. The van der Waals surface area contributed by atoms with Gasteiger partial charge in [-0.2, -0.15) is 0 Å². The zero-order valence-electron chi connectivity index (χ0n) is 11.6. The van der Waals surface area contributed by atoms with Gasteiger partial charge in [0.1, 0.15) is 11.5 Å². The normalized spacial score (nSPS) is 12.4. The highest BCUT2D eigenvalue weighted by atomic mass is 35.5. The maximum atomic E-state index is 6.07. The number of rotatable bonds is 2. The van der Waals surface area contributed by atoms with Crippen LogP contribution in [0.5, 0.6) is 0 Å². The van der Waals surface area contributed by atoms with Crippen molar-refractivity contribution in [2.24, 2.45) is 0 Å². The topological polar surface area (TPSA) is 29.3 Å². The summed E-state index contributed by atoms with van der Waals surface area (Å²) in [7, 11) is 0. The molecule has 0 atom stereocenters. The number of imidazole rings is 1. The Hall–Kier alpha value is -1.22. The Labute approximate surface area is 113 Å². The molecule has 1 N–H and O–H groups in total. The molecule has 18 heavy (non-hydrogen) atoms. The minimum absolute atomic E-state index is 0.0120. The average Bonchev–Trinajstić information content (AvgIpc) is 2.55. The Kier molecular flexibility index (Phi) is 3.28. The van der Waals surface area contributed by atoms with Crippen LogP contribution in [-0.2, 0) is 0 Å². The van der Waals surface area contributed by atoms with Crippen molar-refractivity contribution < 1.29 is 0 Å². The van der Waals surface area contributed by atoms with Crippen molar-refractivity contribution in [2.75, 3.05) is 5.32 Å². The van der Waals surface area contributed by atoms with Gasteiger partial charge in [-0.1, -0.05) is 25.4 Å². The van der Waals surface area contributed by atoms with Crippen LogP contribution in [0.2, 0.25) is 5.02 Å². The van der Waals surface area contributed by atoms with E-state index in [1.54, 1.807) is 0 Å². The molecule has 0 spiro atoms. The van der Waals surface area contributed by atoms with Gasteiger partial charge in [0.05, 0.1) is 10.7 Å². The smallest absolute Gasteiger partial charge is 0.138 e. The number of hydrogen-bond donors (Lipinski definition) is 1. The third-order valence-electron chi connectivity index (χ3n) is 2.65. The van der Waals surface area contributed by atoms with Crippen LogP contribution in [0, 0.1) is 0 Å². The van der Waals surface area contributed by atoms with E-state index in [1.807, 2.05) is 22.7 Å². The average molecular weight is 266 g/mol. The van der Waals surface area contributed by atoms with E-state index in [-0.39, 0.29) is 5.54 Å². The Bertz CT molecular complexity index is 564. The zero-order valence-corrected chi connectivity index (χ0v) is 12.3. The predicted molar refractivity (Wildman–Crippen MR) is 77.7 cm³/mol. The van der Waals surface area contributed by atoms with Crippen molar-refractivity contribution in [1.29, 1.82) is 0 Å². The summed E-state index contributed by atoms with van der Waals surface area (Å²) in [5.74, 6) is 1.41. The van der Waals surface area contributed by atoms with E-state index in [9.17, 15) is 0 Å². The number of nitrogens with one attached hydrogen (secondary N) is 1. The maximum absolute atomic E-state index is 6.07. The lowest BCUT2D eigenvalue weighted by atomic mass is 10.1. The van der Waals surface area contributed by atoms with Crippen molar-refractivity contribution in [3.63, 3.8) is 0 Å². The van der Waals surface area contributed by atoms with Gasteiger partial charge < -0.3 is 5.32 Å². The van der Waals surface area contributed by atoms with Gasteiger partial charge in [-0.15, -0.1) is 0 Å². The van der Waals surface area contributed by atoms with E-state index < -0.39 is 0 Å². The van der Waals surface area contributed by atoms with Gasteiger partial charge in [0.15, 0.2) is 0 Å². The van der Waals surface area contributed by atoms with Crippen LogP contribution in [0.1, 0.15) is 46.2 Å². The first kappa shape index (κ1) is 13.2. The quantitative estimate of drug-likeness (QED) is 0.876. The first-order chi connectivity index (χ1) is 8.28. The second kappa shape index (κ2) is 4.47. The van der Waals surface area contributed by atoms with Crippen molar-refractivity contribution in [1.82, 2.24) is 9.38 Å². The van der Waals surface area contributed by atoms with Gasteiger partial charge >= 0.3 is 0 Å². The Balaban J connectivity index is 2.64. The number of pyridine rings is 1. The van der Waals surface area contributed by atoms with Crippen LogP contribution in [0.15, 0.2) is 18.3 Å². The van der Waals surface area contributed by atoms with E-state index in [0.29, 0.717) is 10.9 Å². The molecule has 2 rings (SSSR count). The largest absolute Gasteiger partial charge is 0.365 e. The van der Waals surface area contributed by atoms with E-state index in [2.05, 4.69) is 44.9 Å². The molecule has 0 radical (unpaired) electrons. The second-order valence-electron chi connectivity index (χ2n) is 5.95. The molecule has 2 aromatic rings. The standard InChI is InChI=1S/C14H20ClN3/c1-9(2)12-13(17-14(3,4)5)18-8-10(15)6-7-11(18)16-12/h6-9,17H,1-5H3. The number of aromatic nitrogens is 2. The third-order valence-corrected chi connectivity index (χ3v) is 2.87. The highest BCUT2D eigenvalue weighted by Crippen LogP contribution is 2.28. The summed E-state index contributed by atoms with van der Waals surface area (Å²) in [6.07, 6.45) is 1.91. The number of anilines is 1. The fraction of sp³-hybridized carbons (Fsp3) is 0.500. The van der Waals surface area contributed by atoms with Crippen LogP contribution in [-0.4, -0.2) is 14.9 Å². The monoisotopic (exact) mass is 265 g/mol. The molecule has 4 heteroatoms. The van der Waals surface area contributed by atoms with Crippen molar-refractivity contribution in [3.05, 3.63) is 29.0 Å². The van der Waals surface area contributed by atoms with Crippen LogP contribution < -0.4 is 5.32 Å². The highest BCUT2D eigenvalue weighted by molar-refractivity contribution is 6.30. The SMILES string of the molecule is CC(C)c1nc2ccc(Cl)cn2c1NC(C)(C)C. The molecule has 3 nitrogen and oxygen atoms in total. The number of hydrogen-bond acceptors (Lipinski definition) is 2. The summed E-state index contributed by atoms with van der Waals surface area (Å²) in [6, 6.07) is 3.82. The fourth-order valence-corrected chi connectivity index (χ4v) is 2.08. The van der Waals surface area contributed by atoms with Crippen molar-refractivity contribution in [3.8, 4) is 0 Å². The number of halogens is 1. The molecule has 0 amide bonds.